The molecule has 0 fully saturated rings. The zero-order valence-corrected chi connectivity index (χ0v) is 16.4. The van der Waals surface area contributed by atoms with E-state index < -0.39 is 0 Å². The molecular weight excluding hydrogens is 401 g/mol. The second-order valence-corrected chi connectivity index (χ2v) is 7.89. The van der Waals surface area contributed by atoms with Crippen molar-refractivity contribution in [1.82, 2.24) is 15.6 Å². The number of fused-ring (bicyclic) bond motifs is 2. The number of thiophene rings is 1. The lowest BCUT2D eigenvalue weighted by Gasteiger charge is -2.21. The molecular formula is C17H16Cl3N3OS. The molecule has 0 saturated heterocycles. The third kappa shape index (κ3) is 3.15. The Morgan fingerprint density at radius 2 is 2.08 bits per heavy atom. The number of carbonyl (C=O) groups excluding carboxylic acids is 1. The van der Waals surface area contributed by atoms with Crippen molar-refractivity contribution in [2.45, 2.75) is 18.5 Å². The van der Waals surface area contributed by atoms with Crippen LogP contribution >= 0.6 is 46.9 Å². The lowest BCUT2D eigenvalue weighted by molar-refractivity contribution is 0.0926. The second-order valence-electron chi connectivity index (χ2n) is 5.86. The first-order valence-electron chi connectivity index (χ1n) is 7.61. The third-order valence-corrected chi connectivity index (χ3v) is 6.41. The van der Waals surface area contributed by atoms with Crippen LogP contribution in [-0.4, -0.2) is 24.0 Å². The number of carbonyl (C=O) groups is 1. The Labute approximate surface area is 165 Å². The molecule has 4 rings (SSSR count). The van der Waals surface area contributed by atoms with E-state index in [1.54, 1.807) is 6.07 Å². The van der Waals surface area contributed by atoms with Crippen LogP contribution < -0.4 is 10.6 Å². The van der Waals surface area contributed by atoms with E-state index in [0.717, 1.165) is 16.6 Å². The summed E-state index contributed by atoms with van der Waals surface area (Å²) in [7, 11) is 1.91. The van der Waals surface area contributed by atoms with Gasteiger partial charge in [-0.1, -0.05) is 47.5 Å². The molecule has 0 unspecified atom stereocenters. The van der Waals surface area contributed by atoms with E-state index in [1.807, 2.05) is 19.2 Å². The summed E-state index contributed by atoms with van der Waals surface area (Å²) in [5.41, 5.74) is 3.73. The minimum absolute atomic E-state index is 0. The number of aromatic amines is 1. The van der Waals surface area contributed by atoms with Crippen LogP contribution in [0.5, 0.6) is 0 Å². The summed E-state index contributed by atoms with van der Waals surface area (Å²) < 4.78 is 1.42. The number of rotatable bonds is 3. The largest absolute Gasteiger partial charge is 0.349 e. The van der Waals surface area contributed by atoms with Crippen LogP contribution in [0.15, 0.2) is 30.3 Å². The minimum atomic E-state index is -0.136. The van der Waals surface area contributed by atoms with Crippen molar-refractivity contribution in [3.63, 3.8) is 0 Å². The maximum absolute atomic E-state index is 12.6. The molecule has 1 amide bonds. The maximum atomic E-state index is 12.6. The Hall–Kier alpha value is -1.24. The highest BCUT2D eigenvalue weighted by molar-refractivity contribution is 7.23. The molecule has 4 nitrogen and oxygen atoms in total. The monoisotopic (exact) mass is 415 g/mol. The van der Waals surface area contributed by atoms with E-state index in [9.17, 15) is 4.79 Å². The smallest absolute Gasteiger partial charge is 0.268 e. The van der Waals surface area contributed by atoms with Crippen molar-refractivity contribution in [3.05, 3.63) is 56.5 Å². The normalized spacial score (nSPS) is 18.8. The molecule has 2 atom stereocenters. The molecule has 2 aromatic heterocycles. The average Bonchev–Trinajstić information content (AvgIpc) is 3.21. The Bertz CT molecular complexity index is 937. The van der Waals surface area contributed by atoms with Gasteiger partial charge >= 0.3 is 0 Å². The number of likely N-dealkylation sites (N-methyl/N-ethyl adjacent to an activating group) is 1. The minimum Gasteiger partial charge on any atom is -0.349 e. The molecule has 1 aromatic carbocycles. The predicted octanol–water partition coefficient (Wildman–Crippen LogP) is 4.57. The van der Waals surface area contributed by atoms with E-state index >= 15 is 0 Å². The standard InChI is InChI=1S/C17H15Cl2N3OS.ClH/c1-20-14-9-5-3-2-4-8(9)6-10(14)22-17(23)11-7-12-15(21-11)13(18)16(19)24-12;/h2-5,7,10,14,20-21H,6H2,1H3,(H,22,23);1H/t10-,14+;/m1./s1. The van der Waals surface area contributed by atoms with Gasteiger partial charge in [0.25, 0.3) is 5.91 Å². The molecule has 0 saturated carbocycles. The summed E-state index contributed by atoms with van der Waals surface area (Å²) >= 11 is 13.5. The number of aromatic nitrogens is 1. The molecule has 3 aromatic rings. The number of hydrogen-bond donors (Lipinski definition) is 3. The molecule has 132 valence electrons. The Balaban J connectivity index is 0.00000182. The van der Waals surface area contributed by atoms with Gasteiger partial charge in [-0.15, -0.1) is 23.7 Å². The number of amides is 1. The van der Waals surface area contributed by atoms with E-state index in [4.69, 9.17) is 23.2 Å². The second kappa shape index (κ2) is 7.17. The molecule has 25 heavy (non-hydrogen) atoms. The zero-order valence-electron chi connectivity index (χ0n) is 13.2. The Morgan fingerprint density at radius 1 is 1.32 bits per heavy atom. The Kier molecular flexibility index (Phi) is 5.32. The first-order valence-corrected chi connectivity index (χ1v) is 9.18. The summed E-state index contributed by atoms with van der Waals surface area (Å²) in [6.07, 6.45) is 0.815. The summed E-state index contributed by atoms with van der Waals surface area (Å²) in [6.45, 7) is 0. The van der Waals surface area contributed by atoms with Gasteiger partial charge in [0.1, 0.15) is 10.0 Å². The summed E-state index contributed by atoms with van der Waals surface area (Å²) in [6, 6.07) is 10.2. The van der Waals surface area contributed by atoms with Crippen LogP contribution in [-0.2, 0) is 6.42 Å². The summed E-state index contributed by atoms with van der Waals surface area (Å²) in [5, 5.41) is 6.90. The van der Waals surface area contributed by atoms with Crippen molar-refractivity contribution in [2.24, 2.45) is 0 Å². The number of nitrogens with one attached hydrogen (secondary N) is 3. The summed E-state index contributed by atoms with van der Waals surface area (Å²) in [5.74, 6) is -0.136. The number of hydrogen-bond acceptors (Lipinski definition) is 3. The van der Waals surface area contributed by atoms with Crippen LogP contribution in [0.3, 0.4) is 0 Å². The quantitative estimate of drug-likeness (QED) is 0.585. The third-order valence-electron chi connectivity index (χ3n) is 4.48. The number of H-pyrrole nitrogens is 1. The lowest BCUT2D eigenvalue weighted by atomic mass is 10.1. The predicted molar refractivity (Wildman–Crippen MR) is 107 cm³/mol. The average molecular weight is 417 g/mol. The number of halogens is 3. The number of benzene rings is 1. The first kappa shape index (κ1) is 18.5. The van der Waals surface area contributed by atoms with Gasteiger partial charge in [0, 0.05) is 0 Å². The molecule has 0 bridgehead atoms. The molecule has 1 aliphatic carbocycles. The molecule has 1 aliphatic rings. The lowest BCUT2D eigenvalue weighted by Crippen LogP contribution is -2.41. The van der Waals surface area contributed by atoms with Crippen LogP contribution in [0, 0.1) is 0 Å². The van der Waals surface area contributed by atoms with Gasteiger partial charge in [0.05, 0.1) is 27.3 Å². The molecule has 8 heteroatoms. The highest BCUT2D eigenvalue weighted by Gasteiger charge is 2.32. The molecule has 0 radical (unpaired) electrons. The highest BCUT2D eigenvalue weighted by Crippen LogP contribution is 2.39. The van der Waals surface area contributed by atoms with Crippen LogP contribution in [0.1, 0.15) is 27.7 Å². The van der Waals surface area contributed by atoms with E-state index in [2.05, 4.69) is 27.8 Å². The molecule has 0 aliphatic heterocycles. The summed E-state index contributed by atoms with van der Waals surface area (Å²) in [4.78, 5) is 15.7. The van der Waals surface area contributed by atoms with E-state index in [-0.39, 0.29) is 30.4 Å². The Morgan fingerprint density at radius 3 is 2.80 bits per heavy atom. The van der Waals surface area contributed by atoms with Gasteiger partial charge < -0.3 is 15.6 Å². The van der Waals surface area contributed by atoms with Gasteiger partial charge in [0.15, 0.2) is 0 Å². The molecule has 3 N–H and O–H groups in total. The van der Waals surface area contributed by atoms with Gasteiger partial charge in [0.2, 0.25) is 0 Å². The van der Waals surface area contributed by atoms with Crippen LogP contribution in [0.4, 0.5) is 0 Å². The highest BCUT2D eigenvalue weighted by atomic mass is 35.5. The van der Waals surface area contributed by atoms with Crippen molar-refractivity contribution in [1.29, 1.82) is 0 Å². The van der Waals surface area contributed by atoms with Crippen molar-refractivity contribution < 1.29 is 4.79 Å². The fourth-order valence-electron chi connectivity index (χ4n) is 3.37. The topological polar surface area (TPSA) is 56.9 Å². The van der Waals surface area contributed by atoms with Crippen LogP contribution in [0.25, 0.3) is 10.2 Å². The van der Waals surface area contributed by atoms with Crippen LogP contribution in [0.2, 0.25) is 9.36 Å². The van der Waals surface area contributed by atoms with Gasteiger partial charge in [-0.25, -0.2) is 0 Å². The SMILES string of the molecule is CN[C@H]1c2ccccc2C[C@H]1NC(=O)c1cc2sc(Cl)c(Cl)c2[nH]1.Cl. The van der Waals surface area contributed by atoms with Gasteiger partial charge in [-0.3, -0.25) is 4.79 Å². The fourth-order valence-corrected chi connectivity index (χ4v) is 4.85. The van der Waals surface area contributed by atoms with Crippen molar-refractivity contribution in [2.75, 3.05) is 7.05 Å². The van der Waals surface area contributed by atoms with Gasteiger partial charge in [-0.05, 0) is 30.7 Å². The van der Waals surface area contributed by atoms with Crippen molar-refractivity contribution in [3.8, 4) is 0 Å². The van der Waals surface area contributed by atoms with Gasteiger partial charge in [-0.2, -0.15) is 0 Å². The van der Waals surface area contributed by atoms with Crippen molar-refractivity contribution >= 4 is 63.1 Å². The fraction of sp³-hybridized carbons (Fsp3) is 0.235. The first-order chi connectivity index (χ1) is 11.6. The zero-order chi connectivity index (χ0) is 16.8. The molecule has 2 heterocycles. The maximum Gasteiger partial charge on any atom is 0.268 e. The molecule has 0 spiro atoms. The van der Waals surface area contributed by atoms with E-state index in [0.29, 0.717) is 15.1 Å². The van der Waals surface area contributed by atoms with E-state index in [1.165, 1.54) is 22.5 Å².